The van der Waals surface area contributed by atoms with Crippen LogP contribution in [0.5, 0.6) is 0 Å². The monoisotopic (exact) mass is 258 g/mol. The molecule has 0 aliphatic heterocycles. The molecule has 0 amide bonds. The minimum absolute atomic E-state index is 0.0509. The fourth-order valence-corrected chi connectivity index (χ4v) is 2.22. The van der Waals surface area contributed by atoms with Crippen LogP contribution in [0.3, 0.4) is 0 Å². The molecule has 4 heteroatoms. The highest BCUT2D eigenvalue weighted by Gasteiger charge is 2.27. The second-order valence-electron chi connectivity index (χ2n) is 5.10. The highest BCUT2D eigenvalue weighted by atomic mass is 16.5. The second kappa shape index (κ2) is 5.34. The van der Waals surface area contributed by atoms with E-state index >= 15 is 0 Å². The number of nitrogens with zero attached hydrogens (tertiary/aromatic N) is 2. The quantitative estimate of drug-likeness (QED) is 0.843. The van der Waals surface area contributed by atoms with Gasteiger partial charge in [-0.05, 0) is 25.3 Å². The molecule has 0 spiro atoms. The highest BCUT2D eigenvalue weighted by molar-refractivity contribution is 5.82. The summed E-state index contributed by atoms with van der Waals surface area (Å²) in [7, 11) is 0. The Balaban J connectivity index is 2.39. The third-order valence-corrected chi connectivity index (χ3v) is 3.20. The van der Waals surface area contributed by atoms with Gasteiger partial charge in [0.05, 0.1) is 5.92 Å². The molecule has 0 aliphatic carbocycles. The van der Waals surface area contributed by atoms with Gasteiger partial charge in [-0.15, -0.1) is 0 Å². The van der Waals surface area contributed by atoms with E-state index in [-0.39, 0.29) is 17.6 Å². The first-order valence-corrected chi connectivity index (χ1v) is 6.40. The Morgan fingerprint density at radius 3 is 2.53 bits per heavy atom. The molecule has 1 heterocycles. The van der Waals surface area contributed by atoms with Gasteiger partial charge >= 0.3 is 0 Å². The van der Waals surface area contributed by atoms with E-state index in [4.69, 9.17) is 4.52 Å². The van der Waals surface area contributed by atoms with Gasteiger partial charge in [0.25, 0.3) is 0 Å². The van der Waals surface area contributed by atoms with Crippen LogP contribution in [0.15, 0.2) is 28.8 Å². The first kappa shape index (κ1) is 13.5. The number of benzene rings is 1. The van der Waals surface area contributed by atoms with E-state index in [2.05, 4.69) is 10.1 Å². The SMILES string of the molecule is CC(=O)C(c1nc(-c2ccccc2C)no1)C(C)C. The minimum Gasteiger partial charge on any atom is -0.338 e. The number of aryl methyl sites for hydroxylation is 1. The number of aromatic nitrogens is 2. The largest absolute Gasteiger partial charge is 0.338 e. The van der Waals surface area contributed by atoms with Gasteiger partial charge in [-0.3, -0.25) is 4.79 Å². The molecule has 1 aromatic carbocycles. The van der Waals surface area contributed by atoms with E-state index in [9.17, 15) is 4.79 Å². The summed E-state index contributed by atoms with van der Waals surface area (Å²) in [5.41, 5.74) is 2.02. The van der Waals surface area contributed by atoms with E-state index in [0.717, 1.165) is 11.1 Å². The van der Waals surface area contributed by atoms with Gasteiger partial charge in [-0.1, -0.05) is 43.3 Å². The van der Waals surface area contributed by atoms with Crippen molar-refractivity contribution >= 4 is 5.78 Å². The first-order valence-electron chi connectivity index (χ1n) is 6.40. The smallest absolute Gasteiger partial charge is 0.237 e. The van der Waals surface area contributed by atoms with Gasteiger partial charge in [-0.25, -0.2) is 0 Å². The van der Waals surface area contributed by atoms with E-state index in [1.807, 2.05) is 45.0 Å². The number of rotatable bonds is 4. The molecular formula is C15H18N2O2. The van der Waals surface area contributed by atoms with Gasteiger partial charge in [0.1, 0.15) is 5.78 Å². The van der Waals surface area contributed by atoms with E-state index in [1.54, 1.807) is 6.92 Å². The lowest BCUT2D eigenvalue weighted by atomic mass is 9.92. The Bertz CT molecular complexity index is 587. The molecule has 100 valence electrons. The number of Topliss-reactive ketones (excluding diaryl/α,β-unsaturated/α-hetero) is 1. The molecule has 0 fully saturated rings. The maximum Gasteiger partial charge on any atom is 0.237 e. The van der Waals surface area contributed by atoms with Crippen molar-refractivity contribution in [1.29, 1.82) is 0 Å². The number of ketones is 1. The van der Waals surface area contributed by atoms with Gasteiger partial charge in [0, 0.05) is 5.56 Å². The summed E-state index contributed by atoms with van der Waals surface area (Å²) in [5, 5.41) is 3.99. The predicted octanol–water partition coefficient (Wildman–Crippen LogP) is 3.37. The van der Waals surface area contributed by atoms with Crippen LogP contribution in [0, 0.1) is 12.8 Å². The summed E-state index contributed by atoms with van der Waals surface area (Å²) in [5.74, 6) is 0.809. The summed E-state index contributed by atoms with van der Waals surface area (Å²) in [4.78, 5) is 16.1. The van der Waals surface area contributed by atoms with Crippen molar-refractivity contribution in [3.05, 3.63) is 35.7 Å². The molecule has 2 aromatic rings. The molecule has 0 aliphatic rings. The zero-order chi connectivity index (χ0) is 14.0. The topological polar surface area (TPSA) is 56.0 Å². The number of carbonyl (C=O) groups excluding carboxylic acids is 1. The van der Waals surface area contributed by atoms with Crippen molar-refractivity contribution in [2.75, 3.05) is 0 Å². The molecule has 0 saturated carbocycles. The lowest BCUT2D eigenvalue weighted by Crippen LogP contribution is -2.15. The molecular weight excluding hydrogens is 240 g/mol. The van der Waals surface area contributed by atoms with Crippen molar-refractivity contribution < 1.29 is 9.32 Å². The minimum atomic E-state index is -0.328. The van der Waals surface area contributed by atoms with Crippen LogP contribution in [-0.2, 0) is 4.79 Å². The zero-order valence-electron chi connectivity index (χ0n) is 11.7. The Labute approximate surface area is 112 Å². The molecule has 0 saturated heterocycles. The van der Waals surface area contributed by atoms with Gasteiger partial charge < -0.3 is 4.52 Å². The first-order chi connectivity index (χ1) is 9.00. The Hall–Kier alpha value is -1.97. The summed E-state index contributed by atoms with van der Waals surface area (Å²) < 4.78 is 5.28. The van der Waals surface area contributed by atoms with Crippen molar-refractivity contribution in [3.63, 3.8) is 0 Å². The van der Waals surface area contributed by atoms with Crippen LogP contribution in [0.1, 0.15) is 38.1 Å². The Kier molecular flexibility index (Phi) is 3.79. The van der Waals surface area contributed by atoms with Crippen LogP contribution in [0.2, 0.25) is 0 Å². The standard InChI is InChI=1S/C15H18N2O2/c1-9(2)13(11(4)18)15-16-14(17-19-15)12-8-6-5-7-10(12)3/h5-9,13H,1-4H3. The molecule has 4 nitrogen and oxygen atoms in total. The normalized spacial score (nSPS) is 12.7. The summed E-state index contributed by atoms with van der Waals surface area (Å²) in [6.45, 7) is 7.51. The van der Waals surface area contributed by atoms with Crippen LogP contribution in [0.25, 0.3) is 11.4 Å². The summed E-state index contributed by atoms with van der Waals surface area (Å²) in [6.07, 6.45) is 0. The molecule has 1 atom stereocenters. The van der Waals surface area contributed by atoms with Crippen molar-refractivity contribution in [1.82, 2.24) is 10.1 Å². The summed E-state index contributed by atoms with van der Waals surface area (Å²) in [6, 6.07) is 7.84. The third-order valence-electron chi connectivity index (χ3n) is 3.20. The summed E-state index contributed by atoms with van der Waals surface area (Å²) >= 11 is 0. The maximum atomic E-state index is 11.7. The van der Waals surface area contributed by atoms with Gasteiger partial charge in [0.2, 0.25) is 11.7 Å². The van der Waals surface area contributed by atoms with Crippen molar-refractivity contribution in [2.24, 2.45) is 5.92 Å². The average molecular weight is 258 g/mol. The van der Waals surface area contributed by atoms with Crippen molar-refractivity contribution in [3.8, 4) is 11.4 Å². The fourth-order valence-electron chi connectivity index (χ4n) is 2.22. The molecule has 0 N–H and O–H groups in total. The van der Waals surface area contributed by atoms with Gasteiger partial charge in [0.15, 0.2) is 0 Å². The molecule has 0 radical (unpaired) electrons. The van der Waals surface area contributed by atoms with E-state index < -0.39 is 0 Å². The molecule has 1 aromatic heterocycles. The third kappa shape index (κ3) is 2.72. The molecule has 19 heavy (non-hydrogen) atoms. The van der Waals surface area contributed by atoms with Gasteiger partial charge in [-0.2, -0.15) is 4.98 Å². The van der Waals surface area contributed by atoms with E-state index in [0.29, 0.717) is 11.7 Å². The Morgan fingerprint density at radius 1 is 1.26 bits per heavy atom. The lowest BCUT2D eigenvalue weighted by molar-refractivity contribution is -0.119. The van der Waals surface area contributed by atoms with E-state index in [1.165, 1.54) is 0 Å². The highest BCUT2D eigenvalue weighted by Crippen LogP contribution is 2.27. The number of carbonyl (C=O) groups is 1. The Morgan fingerprint density at radius 2 is 1.95 bits per heavy atom. The van der Waals surface area contributed by atoms with Crippen LogP contribution >= 0.6 is 0 Å². The van der Waals surface area contributed by atoms with Crippen LogP contribution < -0.4 is 0 Å². The van der Waals surface area contributed by atoms with Crippen LogP contribution in [-0.4, -0.2) is 15.9 Å². The fraction of sp³-hybridized carbons (Fsp3) is 0.400. The average Bonchev–Trinajstić information content (AvgIpc) is 2.77. The molecule has 1 unspecified atom stereocenters. The molecule has 0 bridgehead atoms. The predicted molar refractivity (Wildman–Crippen MR) is 72.7 cm³/mol. The second-order valence-corrected chi connectivity index (χ2v) is 5.10. The maximum absolute atomic E-state index is 11.7. The number of hydrogen-bond acceptors (Lipinski definition) is 4. The number of hydrogen-bond donors (Lipinski definition) is 0. The van der Waals surface area contributed by atoms with Crippen molar-refractivity contribution in [2.45, 2.75) is 33.6 Å². The zero-order valence-corrected chi connectivity index (χ0v) is 11.7. The van der Waals surface area contributed by atoms with Crippen LogP contribution in [0.4, 0.5) is 0 Å². The lowest BCUT2D eigenvalue weighted by Gasteiger charge is -2.12. The molecule has 2 rings (SSSR count).